The summed E-state index contributed by atoms with van der Waals surface area (Å²) in [5.74, 6) is 0.612. The molecule has 0 aromatic rings. The molecule has 0 N–H and O–H groups in total. The van der Waals surface area contributed by atoms with Gasteiger partial charge in [-0.3, -0.25) is 4.79 Å². The van der Waals surface area contributed by atoms with E-state index >= 15 is 0 Å². The Balaban J connectivity index is 2.71. The quantitative estimate of drug-likeness (QED) is 0.676. The van der Waals surface area contributed by atoms with Crippen molar-refractivity contribution in [1.82, 2.24) is 0 Å². The predicted octanol–water partition coefficient (Wildman–Crippen LogP) is 3.33. The lowest BCUT2D eigenvalue weighted by Gasteiger charge is -2.18. The van der Waals surface area contributed by atoms with Gasteiger partial charge in [0.05, 0.1) is 0 Å². The molecule has 0 spiro atoms. The molecule has 0 saturated heterocycles. The van der Waals surface area contributed by atoms with Crippen LogP contribution in [0.5, 0.6) is 0 Å². The van der Waals surface area contributed by atoms with Crippen LogP contribution in [0.4, 0.5) is 0 Å². The first kappa shape index (κ1) is 12.5. The average molecular weight is 218 g/mol. The normalized spacial score (nSPS) is 25.9. The Kier molecular flexibility index (Phi) is 4.29. The van der Waals surface area contributed by atoms with Crippen molar-refractivity contribution in [3.63, 3.8) is 0 Å². The number of ether oxygens (including phenoxy) is 1. The van der Waals surface area contributed by atoms with Gasteiger partial charge in [0.15, 0.2) is 5.60 Å². The maximum atomic E-state index is 11.7. The second-order valence-electron chi connectivity index (χ2n) is 3.82. The van der Waals surface area contributed by atoms with E-state index in [0.29, 0.717) is 5.76 Å². The van der Waals surface area contributed by atoms with Crippen LogP contribution in [0.3, 0.4) is 0 Å². The molecular weight excluding hydrogens is 200 g/mol. The third-order valence-corrected chi connectivity index (χ3v) is 2.32. The van der Waals surface area contributed by atoms with E-state index in [2.05, 4.69) is 6.92 Å². The number of carbonyl (C=O) groups is 1. The molecule has 1 unspecified atom stereocenters. The van der Waals surface area contributed by atoms with Gasteiger partial charge in [-0.15, -0.1) is 0 Å². The Bertz CT molecular complexity index is 372. The minimum Gasteiger partial charge on any atom is -0.475 e. The van der Waals surface area contributed by atoms with Gasteiger partial charge in [0.1, 0.15) is 5.76 Å². The van der Waals surface area contributed by atoms with E-state index in [1.165, 1.54) is 6.08 Å². The lowest BCUT2D eigenvalue weighted by molar-refractivity contribution is -0.124. The summed E-state index contributed by atoms with van der Waals surface area (Å²) >= 11 is 0. The average Bonchev–Trinajstić information content (AvgIpc) is 2.51. The van der Waals surface area contributed by atoms with Crippen LogP contribution in [0.25, 0.3) is 0 Å². The minimum absolute atomic E-state index is 0.0123. The smallest absolute Gasteiger partial charge is 0.206 e. The van der Waals surface area contributed by atoms with Crippen LogP contribution in [0.1, 0.15) is 27.2 Å². The lowest BCUT2D eigenvalue weighted by atomic mass is 10.0. The van der Waals surface area contributed by atoms with Gasteiger partial charge in [0, 0.05) is 6.08 Å². The zero-order chi connectivity index (χ0) is 12.0. The van der Waals surface area contributed by atoms with Crippen molar-refractivity contribution < 1.29 is 9.53 Å². The van der Waals surface area contributed by atoms with Crippen molar-refractivity contribution in [2.45, 2.75) is 32.8 Å². The molecule has 16 heavy (non-hydrogen) atoms. The van der Waals surface area contributed by atoms with Crippen LogP contribution >= 0.6 is 0 Å². The van der Waals surface area contributed by atoms with E-state index in [1.54, 1.807) is 19.1 Å². The summed E-state index contributed by atoms with van der Waals surface area (Å²) in [6.45, 7) is 5.73. The van der Waals surface area contributed by atoms with Gasteiger partial charge in [-0.25, -0.2) is 0 Å². The highest BCUT2D eigenvalue weighted by atomic mass is 16.5. The molecule has 0 amide bonds. The molecule has 1 aliphatic rings. The van der Waals surface area contributed by atoms with Crippen molar-refractivity contribution >= 4 is 5.78 Å². The first-order valence-corrected chi connectivity index (χ1v) is 5.54. The largest absolute Gasteiger partial charge is 0.475 e. The summed E-state index contributed by atoms with van der Waals surface area (Å²) in [5.41, 5.74) is -0.840. The molecule has 1 heterocycles. The molecule has 1 atom stereocenters. The minimum atomic E-state index is -0.840. The number of ketones is 1. The first-order chi connectivity index (χ1) is 7.62. The molecule has 0 radical (unpaired) electrons. The topological polar surface area (TPSA) is 26.3 Å². The van der Waals surface area contributed by atoms with Crippen molar-refractivity contribution in [2.75, 3.05) is 0 Å². The highest BCUT2D eigenvalue weighted by molar-refractivity contribution is 6.01. The molecule has 0 aromatic heterocycles. The standard InChI is InChI=1S/C14H18O2/c1-4-6-7-8-10-14(3)13(15)11-12(16-14)9-5-2/h5-11H,4H2,1-3H3/b7-6+,9-5+,10-8+. The van der Waals surface area contributed by atoms with Gasteiger partial charge in [-0.05, 0) is 32.4 Å². The maximum Gasteiger partial charge on any atom is 0.206 e. The second kappa shape index (κ2) is 5.50. The van der Waals surface area contributed by atoms with E-state index in [4.69, 9.17) is 4.74 Å². The highest BCUT2D eigenvalue weighted by Gasteiger charge is 2.36. The number of allylic oxidation sites excluding steroid dienone is 5. The van der Waals surface area contributed by atoms with Crippen LogP contribution in [-0.4, -0.2) is 11.4 Å². The lowest BCUT2D eigenvalue weighted by Crippen LogP contribution is -2.29. The van der Waals surface area contributed by atoms with Gasteiger partial charge in [0.2, 0.25) is 5.78 Å². The fourth-order valence-electron chi connectivity index (χ4n) is 1.41. The molecule has 0 bridgehead atoms. The molecule has 0 aromatic carbocycles. The summed E-state index contributed by atoms with van der Waals surface area (Å²) in [5, 5.41) is 0. The second-order valence-corrected chi connectivity index (χ2v) is 3.82. The van der Waals surface area contributed by atoms with Crippen LogP contribution in [0, 0.1) is 0 Å². The summed E-state index contributed by atoms with van der Waals surface area (Å²) in [4.78, 5) is 11.7. The van der Waals surface area contributed by atoms with Gasteiger partial charge in [-0.2, -0.15) is 0 Å². The van der Waals surface area contributed by atoms with E-state index < -0.39 is 5.60 Å². The zero-order valence-corrected chi connectivity index (χ0v) is 10.1. The number of carbonyl (C=O) groups excluding carboxylic acids is 1. The monoisotopic (exact) mass is 218 g/mol. The molecule has 1 rings (SSSR count). The van der Waals surface area contributed by atoms with Gasteiger partial charge in [-0.1, -0.05) is 31.2 Å². The number of rotatable bonds is 4. The molecule has 0 fully saturated rings. The van der Waals surface area contributed by atoms with Crippen LogP contribution in [0.2, 0.25) is 0 Å². The Labute approximate surface area is 97.0 Å². The molecule has 1 aliphatic heterocycles. The van der Waals surface area contributed by atoms with Crippen molar-refractivity contribution in [2.24, 2.45) is 0 Å². The van der Waals surface area contributed by atoms with Gasteiger partial charge in [0.25, 0.3) is 0 Å². The summed E-state index contributed by atoms with van der Waals surface area (Å²) in [7, 11) is 0. The van der Waals surface area contributed by atoms with Crippen LogP contribution in [-0.2, 0) is 9.53 Å². The molecule has 2 nitrogen and oxygen atoms in total. The molecule has 0 saturated carbocycles. The molecule has 0 aliphatic carbocycles. The Hall–Kier alpha value is -1.57. The number of hydrogen-bond donors (Lipinski definition) is 0. The summed E-state index contributed by atoms with van der Waals surface area (Å²) in [6, 6.07) is 0. The van der Waals surface area contributed by atoms with E-state index in [1.807, 2.05) is 31.2 Å². The van der Waals surface area contributed by atoms with Gasteiger partial charge >= 0.3 is 0 Å². The Morgan fingerprint density at radius 2 is 2.19 bits per heavy atom. The van der Waals surface area contributed by atoms with Crippen LogP contribution in [0.15, 0.2) is 48.3 Å². The summed E-state index contributed by atoms with van der Waals surface area (Å²) < 4.78 is 5.59. The summed E-state index contributed by atoms with van der Waals surface area (Å²) in [6.07, 6.45) is 13.8. The maximum absolute atomic E-state index is 11.7. The highest BCUT2D eigenvalue weighted by Crippen LogP contribution is 2.26. The van der Waals surface area contributed by atoms with Gasteiger partial charge < -0.3 is 4.74 Å². The predicted molar refractivity (Wildman–Crippen MR) is 66.0 cm³/mol. The Morgan fingerprint density at radius 3 is 2.81 bits per heavy atom. The van der Waals surface area contributed by atoms with E-state index in [-0.39, 0.29) is 5.78 Å². The van der Waals surface area contributed by atoms with Crippen LogP contribution < -0.4 is 0 Å². The third kappa shape index (κ3) is 2.96. The Morgan fingerprint density at radius 1 is 1.44 bits per heavy atom. The number of hydrogen-bond acceptors (Lipinski definition) is 2. The molecule has 2 heteroatoms. The van der Waals surface area contributed by atoms with E-state index in [0.717, 1.165) is 6.42 Å². The molecule has 86 valence electrons. The first-order valence-electron chi connectivity index (χ1n) is 5.54. The fraction of sp³-hybridized carbons (Fsp3) is 0.357. The third-order valence-electron chi connectivity index (χ3n) is 2.32. The van der Waals surface area contributed by atoms with Crippen molar-refractivity contribution in [3.05, 3.63) is 48.3 Å². The SMILES string of the molecule is C/C=C/C1=CC(=O)C(C)(/C=C/C=C/CC)O1. The van der Waals surface area contributed by atoms with E-state index in [9.17, 15) is 4.79 Å². The molecular formula is C14H18O2. The zero-order valence-electron chi connectivity index (χ0n) is 10.1. The fourth-order valence-corrected chi connectivity index (χ4v) is 1.41. The van der Waals surface area contributed by atoms with Crippen molar-refractivity contribution in [3.8, 4) is 0 Å². The van der Waals surface area contributed by atoms with Crippen molar-refractivity contribution in [1.29, 1.82) is 0 Å².